The third-order valence-corrected chi connectivity index (χ3v) is 11.9. The van der Waals surface area contributed by atoms with E-state index in [0.29, 0.717) is 57.3 Å². The van der Waals surface area contributed by atoms with Gasteiger partial charge in [-0.05, 0) is 47.7 Å². The van der Waals surface area contributed by atoms with Crippen LogP contribution in [0.4, 0.5) is 5.69 Å². The van der Waals surface area contributed by atoms with Crippen molar-refractivity contribution in [2.45, 2.75) is 25.4 Å². The number of piperidine rings is 1. The molecule has 0 saturated carbocycles. The second-order valence-corrected chi connectivity index (χ2v) is 16.2. The van der Waals surface area contributed by atoms with Crippen LogP contribution in [0.5, 0.6) is 11.5 Å². The molecule has 67 heavy (non-hydrogen) atoms. The average molecular weight is 927 g/mol. The zero-order valence-corrected chi connectivity index (χ0v) is 38.1. The van der Waals surface area contributed by atoms with Crippen LogP contribution in [0.15, 0.2) is 59.8 Å². The van der Waals surface area contributed by atoms with Crippen molar-refractivity contribution in [3.63, 3.8) is 0 Å². The van der Waals surface area contributed by atoms with Crippen molar-refractivity contribution in [3.8, 4) is 22.6 Å². The molecular weight excluding hydrogens is 869 g/mol. The van der Waals surface area contributed by atoms with E-state index in [1.165, 1.54) is 6.07 Å². The minimum Gasteiger partial charge on any atom is -0.496 e. The summed E-state index contributed by atoms with van der Waals surface area (Å²) in [5.74, 6) is -1.18. The van der Waals surface area contributed by atoms with Crippen LogP contribution in [0.25, 0.3) is 21.9 Å². The number of nitrogens with zero attached hydrogens (tertiary/aromatic N) is 5. The minimum atomic E-state index is -1.05. The Morgan fingerprint density at radius 1 is 0.791 bits per heavy atom. The normalized spacial score (nSPS) is 16.6. The fourth-order valence-electron chi connectivity index (χ4n) is 8.36. The number of piperazine rings is 1. The van der Waals surface area contributed by atoms with E-state index in [4.69, 9.17) is 28.4 Å². The Labute approximate surface area is 387 Å². The van der Waals surface area contributed by atoms with Gasteiger partial charge in [-0.3, -0.25) is 53.8 Å². The Balaban J connectivity index is 0.697. The molecule has 3 aliphatic heterocycles. The van der Waals surface area contributed by atoms with Gasteiger partial charge < -0.3 is 43.6 Å². The molecule has 5 heterocycles. The molecule has 3 N–H and O–H groups in total. The van der Waals surface area contributed by atoms with E-state index >= 15 is 0 Å². The van der Waals surface area contributed by atoms with Gasteiger partial charge in [0.1, 0.15) is 24.1 Å². The number of anilines is 1. The number of aryl methyl sites for hydroxylation is 1. The molecule has 2 aromatic heterocycles. The molecule has 0 aliphatic carbocycles. The molecule has 0 spiro atoms. The fraction of sp³-hybridized carbons (Fsp3) is 0.468. The zero-order chi connectivity index (χ0) is 47.3. The molecule has 2 aromatic carbocycles. The number of rotatable bonds is 24. The first-order chi connectivity index (χ1) is 32.6. The van der Waals surface area contributed by atoms with Gasteiger partial charge in [-0.25, -0.2) is 0 Å². The first-order valence-corrected chi connectivity index (χ1v) is 22.4. The first-order valence-electron chi connectivity index (χ1n) is 22.4. The lowest BCUT2D eigenvalue weighted by Gasteiger charge is -2.35. The fourth-order valence-corrected chi connectivity index (χ4v) is 8.36. The number of imide groups is 2. The highest BCUT2D eigenvalue weighted by Crippen LogP contribution is 2.38. The number of nitrogens with one attached hydrogen (secondary N) is 3. The molecule has 1 unspecified atom stereocenters. The molecule has 4 aromatic rings. The van der Waals surface area contributed by atoms with Crippen molar-refractivity contribution in [1.29, 1.82) is 0 Å². The van der Waals surface area contributed by atoms with Gasteiger partial charge in [-0.1, -0.05) is 6.07 Å². The van der Waals surface area contributed by atoms with Crippen molar-refractivity contribution in [2.75, 3.05) is 118 Å². The second-order valence-electron chi connectivity index (χ2n) is 16.2. The molecular formula is C47H58N8O12. The number of pyridine rings is 2. The molecule has 358 valence electrons. The summed E-state index contributed by atoms with van der Waals surface area (Å²) < 4.78 is 35.7. The lowest BCUT2D eigenvalue weighted by atomic mass is 9.99. The van der Waals surface area contributed by atoms with Gasteiger partial charge in [0.05, 0.1) is 82.5 Å². The third-order valence-electron chi connectivity index (χ3n) is 11.9. The van der Waals surface area contributed by atoms with Crippen LogP contribution in [0.1, 0.15) is 39.1 Å². The Bertz CT molecular complexity index is 2460. The predicted molar refractivity (Wildman–Crippen MR) is 245 cm³/mol. The number of methoxy groups -OCH3 is 2. The average Bonchev–Trinajstić information content (AvgIpc) is 3.59. The number of hydrogen-bond donors (Lipinski definition) is 3. The topological polar surface area (TPSA) is 221 Å². The van der Waals surface area contributed by atoms with Crippen molar-refractivity contribution in [2.24, 2.45) is 7.05 Å². The number of carbonyl (C=O) groups excluding carboxylic acids is 5. The minimum absolute atomic E-state index is 0.0374. The van der Waals surface area contributed by atoms with Crippen molar-refractivity contribution in [1.82, 2.24) is 34.9 Å². The first kappa shape index (κ1) is 48.6. The van der Waals surface area contributed by atoms with Crippen LogP contribution in [0.2, 0.25) is 0 Å². The molecule has 0 bridgehead atoms. The van der Waals surface area contributed by atoms with Crippen LogP contribution in [-0.2, 0) is 46.9 Å². The van der Waals surface area contributed by atoms with Gasteiger partial charge in [-0.2, -0.15) is 0 Å². The summed E-state index contributed by atoms with van der Waals surface area (Å²) in [5.41, 5.74) is 3.38. The van der Waals surface area contributed by atoms with E-state index in [1.807, 2.05) is 24.4 Å². The molecule has 1 atom stereocenters. The number of aromatic nitrogens is 2. The Morgan fingerprint density at radius 2 is 1.46 bits per heavy atom. The summed E-state index contributed by atoms with van der Waals surface area (Å²) in [7, 11) is 5.07. The van der Waals surface area contributed by atoms with E-state index in [1.54, 1.807) is 50.4 Å². The van der Waals surface area contributed by atoms with Gasteiger partial charge in [0.2, 0.25) is 17.7 Å². The third kappa shape index (κ3) is 12.0. The van der Waals surface area contributed by atoms with E-state index in [0.717, 1.165) is 71.2 Å². The molecule has 0 radical (unpaired) electrons. The summed E-state index contributed by atoms with van der Waals surface area (Å²) in [6, 6.07) is 9.61. The smallest absolute Gasteiger partial charge is 0.264 e. The molecule has 20 heteroatoms. The molecule has 5 amide bonds. The molecule has 2 fully saturated rings. The van der Waals surface area contributed by atoms with Gasteiger partial charge in [0, 0.05) is 95.7 Å². The molecule has 3 aliphatic rings. The van der Waals surface area contributed by atoms with Crippen LogP contribution in [0, 0.1) is 0 Å². The quantitative estimate of drug-likeness (QED) is 0.0669. The van der Waals surface area contributed by atoms with Gasteiger partial charge in [0.25, 0.3) is 17.4 Å². The second kappa shape index (κ2) is 23.4. The highest BCUT2D eigenvalue weighted by molar-refractivity contribution is 6.25. The number of amides is 5. The van der Waals surface area contributed by atoms with E-state index in [-0.39, 0.29) is 61.7 Å². The molecule has 7 rings (SSSR count). The summed E-state index contributed by atoms with van der Waals surface area (Å²) in [4.78, 5) is 85.0. The Morgan fingerprint density at radius 3 is 2.15 bits per heavy atom. The predicted octanol–water partition coefficient (Wildman–Crippen LogP) is 1.43. The van der Waals surface area contributed by atoms with Gasteiger partial charge >= 0.3 is 0 Å². The summed E-state index contributed by atoms with van der Waals surface area (Å²) >= 11 is 0. The molecule has 20 nitrogen and oxygen atoms in total. The van der Waals surface area contributed by atoms with Gasteiger partial charge in [-0.15, -0.1) is 0 Å². The number of fused-ring (bicyclic) bond motifs is 2. The Kier molecular flexibility index (Phi) is 17.0. The number of carbonyl (C=O) groups is 5. The van der Waals surface area contributed by atoms with Crippen LogP contribution in [-0.4, -0.2) is 173 Å². The zero-order valence-electron chi connectivity index (χ0n) is 38.1. The highest BCUT2D eigenvalue weighted by atomic mass is 16.6. The lowest BCUT2D eigenvalue weighted by molar-refractivity contribution is -0.136. The van der Waals surface area contributed by atoms with Gasteiger partial charge in [0.15, 0.2) is 0 Å². The highest BCUT2D eigenvalue weighted by Gasteiger charge is 2.45. The van der Waals surface area contributed by atoms with Crippen LogP contribution < -0.4 is 31.0 Å². The van der Waals surface area contributed by atoms with Crippen molar-refractivity contribution in [3.05, 3.63) is 82.0 Å². The maximum Gasteiger partial charge on any atom is 0.264 e. The summed E-state index contributed by atoms with van der Waals surface area (Å²) in [6.45, 7) is 8.25. The van der Waals surface area contributed by atoms with E-state index in [2.05, 4.69) is 30.7 Å². The van der Waals surface area contributed by atoms with Crippen molar-refractivity contribution >= 4 is 46.0 Å². The number of ether oxygens (including phenoxy) is 6. The standard InChI is InChI=1S/C47H58N8O12/c1-52-28-35(32-9-10-48-27-34(32)45(52)59)31-25-39(62-2)36(40(26-31)63-3)29-54-15-13-53(14-16-54)17-18-64-19-20-65-21-22-66-23-24-67-30-42(57)50-12-11-49-37-6-4-5-33-43(37)47(61)55(46(33)60)38-7-8-41(56)51-44(38)58/h4-6,9-10,25-28,38,49H,7-8,11-24,29-30H2,1-3H3,(H,50,57)(H,51,56,58). The Hall–Kier alpha value is -6.29. The van der Waals surface area contributed by atoms with E-state index in [9.17, 15) is 28.8 Å². The monoisotopic (exact) mass is 926 g/mol. The van der Waals surface area contributed by atoms with E-state index < -0.39 is 29.7 Å². The number of hydrogen-bond acceptors (Lipinski definition) is 16. The maximum atomic E-state index is 13.2. The lowest BCUT2D eigenvalue weighted by Crippen LogP contribution is -2.54. The number of benzene rings is 2. The van der Waals surface area contributed by atoms with Crippen molar-refractivity contribution < 1.29 is 52.4 Å². The molecule has 2 saturated heterocycles. The van der Waals surface area contributed by atoms with Crippen LogP contribution >= 0.6 is 0 Å². The van der Waals surface area contributed by atoms with Crippen LogP contribution in [0.3, 0.4) is 0 Å². The summed E-state index contributed by atoms with van der Waals surface area (Å²) in [5, 5.41) is 9.37. The summed E-state index contributed by atoms with van der Waals surface area (Å²) in [6.07, 6.45) is 5.24. The maximum absolute atomic E-state index is 13.2. The largest absolute Gasteiger partial charge is 0.496 e. The SMILES string of the molecule is COc1cc(-c2cn(C)c(=O)c3cnccc23)cc(OC)c1CN1CCN(CCOCCOCCOCCOCC(=O)NCCNc2cccc3c2C(=O)N(C2CCC(=O)NC2=O)C3=O)CC1.